The van der Waals surface area contributed by atoms with E-state index < -0.39 is 5.97 Å². The molecule has 0 radical (unpaired) electrons. The van der Waals surface area contributed by atoms with Crippen LogP contribution in [0.25, 0.3) is 0 Å². The Bertz CT molecular complexity index is 710. The normalized spacial score (nSPS) is 16.2. The van der Waals surface area contributed by atoms with E-state index in [0.717, 1.165) is 18.6 Å². The number of ether oxygens (including phenoxy) is 2. The van der Waals surface area contributed by atoms with Gasteiger partial charge in [-0.25, -0.2) is 14.8 Å². The monoisotopic (exact) mass is 343 g/mol. The van der Waals surface area contributed by atoms with E-state index in [1.54, 1.807) is 7.11 Å². The quantitative estimate of drug-likeness (QED) is 0.831. The van der Waals surface area contributed by atoms with Gasteiger partial charge in [0, 0.05) is 25.2 Å². The van der Waals surface area contributed by atoms with Gasteiger partial charge in [0.05, 0.1) is 19.5 Å². The summed E-state index contributed by atoms with van der Waals surface area (Å²) in [4.78, 5) is 18.9. The van der Waals surface area contributed by atoms with Crippen LogP contribution in [0.1, 0.15) is 28.9 Å². The van der Waals surface area contributed by atoms with Crippen molar-refractivity contribution in [1.29, 1.82) is 0 Å². The minimum absolute atomic E-state index is 0.0681. The lowest BCUT2D eigenvalue weighted by atomic mass is 9.74. The number of rotatable bonds is 6. The predicted octanol–water partition coefficient (Wildman–Crippen LogP) is 2.34. The van der Waals surface area contributed by atoms with E-state index in [1.807, 2.05) is 12.1 Å². The smallest absolute Gasteiger partial charge is 0.356 e. The van der Waals surface area contributed by atoms with Gasteiger partial charge in [0.2, 0.25) is 0 Å². The molecule has 0 saturated carbocycles. The van der Waals surface area contributed by atoms with Gasteiger partial charge in [-0.1, -0.05) is 12.1 Å². The highest BCUT2D eigenvalue weighted by Crippen LogP contribution is 2.35. The van der Waals surface area contributed by atoms with Crippen molar-refractivity contribution in [2.45, 2.75) is 18.3 Å². The first kappa shape index (κ1) is 17.2. The number of benzene rings is 1. The largest absolute Gasteiger partial charge is 0.497 e. The molecule has 0 unspecified atom stereocenters. The van der Waals surface area contributed by atoms with Crippen molar-refractivity contribution in [2.75, 3.05) is 32.2 Å². The Hall–Kier alpha value is -2.67. The van der Waals surface area contributed by atoms with E-state index in [-0.39, 0.29) is 11.1 Å². The zero-order valence-corrected chi connectivity index (χ0v) is 14.1. The van der Waals surface area contributed by atoms with Crippen LogP contribution >= 0.6 is 0 Å². The molecule has 1 aliphatic rings. The van der Waals surface area contributed by atoms with E-state index in [9.17, 15) is 4.79 Å². The first-order chi connectivity index (χ1) is 12.1. The number of aromatic carboxylic acids is 1. The zero-order chi connectivity index (χ0) is 17.7. The Morgan fingerprint density at radius 1 is 1.24 bits per heavy atom. The Labute approximate surface area is 146 Å². The molecule has 1 aromatic heterocycles. The summed E-state index contributed by atoms with van der Waals surface area (Å²) in [5.41, 5.74) is 1.08. The Morgan fingerprint density at radius 3 is 2.52 bits per heavy atom. The summed E-state index contributed by atoms with van der Waals surface area (Å²) in [6, 6.07) is 8.11. The molecule has 2 heterocycles. The molecule has 0 amide bonds. The minimum atomic E-state index is -1.09. The van der Waals surface area contributed by atoms with Gasteiger partial charge < -0.3 is 19.9 Å². The molecule has 0 bridgehead atoms. The van der Waals surface area contributed by atoms with Crippen LogP contribution in [-0.2, 0) is 10.2 Å². The summed E-state index contributed by atoms with van der Waals surface area (Å²) >= 11 is 0. The van der Waals surface area contributed by atoms with E-state index >= 15 is 0 Å². The van der Waals surface area contributed by atoms with Crippen LogP contribution < -0.4 is 10.1 Å². The summed E-state index contributed by atoms with van der Waals surface area (Å²) in [5, 5.41) is 12.2. The molecule has 132 valence electrons. The van der Waals surface area contributed by atoms with Crippen LogP contribution in [0.15, 0.2) is 36.7 Å². The van der Waals surface area contributed by atoms with Crippen LogP contribution in [0.4, 0.5) is 5.82 Å². The number of aromatic nitrogens is 2. The van der Waals surface area contributed by atoms with Crippen molar-refractivity contribution < 1.29 is 19.4 Å². The third kappa shape index (κ3) is 3.88. The second kappa shape index (κ2) is 7.48. The molecule has 2 N–H and O–H groups in total. The van der Waals surface area contributed by atoms with Gasteiger partial charge >= 0.3 is 5.97 Å². The topological polar surface area (TPSA) is 93.6 Å². The van der Waals surface area contributed by atoms with Crippen molar-refractivity contribution in [3.8, 4) is 5.75 Å². The molecule has 7 heteroatoms. The molecule has 3 rings (SSSR count). The van der Waals surface area contributed by atoms with Crippen LogP contribution in [0.2, 0.25) is 0 Å². The average Bonchev–Trinajstić information content (AvgIpc) is 2.67. The molecule has 7 nitrogen and oxygen atoms in total. The first-order valence-corrected chi connectivity index (χ1v) is 8.14. The lowest BCUT2D eigenvalue weighted by molar-refractivity contribution is 0.0543. The summed E-state index contributed by atoms with van der Waals surface area (Å²) in [7, 11) is 1.65. The number of carboxylic acid groups (broad SMARTS) is 1. The second-order valence-electron chi connectivity index (χ2n) is 6.07. The maximum Gasteiger partial charge on any atom is 0.356 e. The molecule has 1 aromatic carbocycles. The maximum atomic E-state index is 10.9. The van der Waals surface area contributed by atoms with Crippen molar-refractivity contribution in [3.05, 3.63) is 47.9 Å². The molecule has 2 aromatic rings. The average molecular weight is 343 g/mol. The van der Waals surface area contributed by atoms with Gasteiger partial charge in [0.1, 0.15) is 11.6 Å². The van der Waals surface area contributed by atoms with E-state index in [2.05, 4.69) is 27.4 Å². The predicted molar refractivity (Wildman–Crippen MR) is 92.2 cm³/mol. The highest BCUT2D eigenvalue weighted by atomic mass is 16.5. The van der Waals surface area contributed by atoms with Gasteiger partial charge in [0.15, 0.2) is 5.69 Å². The third-order valence-electron chi connectivity index (χ3n) is 4.63. The lowest BCUT2D eigenvalue weighted by Gasteiger charge is -2.38. The number of hydrogen-bond acceptors (Lipinski definition) is 6. The van der Waals surface area contributed by atoms with Gasteiger partial charge in [-0.2, -0.15) is 0 Å². The van der Waals surface area contributed by atoms with Crippen LogP contribution in [0, 0.1) is 0 Å². The summed E-state index contributed by atoms with van der Waals surface area (Å²) in [6.45, 7) is 2.08. The second-order valence-corrected chi connectivity index (χ2v) is 6.07. The summed E-state index contributed by atoms with van der Waals surface area (Å²) in [5.74, 6) is 0.302. The fourth-order valence-corrected chi connectivity index (χ4v) is 3.06. The number of carbonyl (C=O) groups is 1. The first-order valence-electron chi connectivity index (χ1n) is 8.14. The molecular formula is C18H21N3O4. The number of anilines is 1. The highest BCUT2D eigenvalue weighted by Gasteiger charge is 2.34. The number of hydrogen-bond donors (Lipinski definition) is 2. The van der Waals surface area contributed by atoms with Gasteiger partial charge in [-0.05, 0) is 30.5 Å². The molecule has 25 heavy (non-hydrogen) atoms. The molecule has 0 atom stereocenters. The fourth-order valence-electron chi connectivity index (χ4n) is 3.06. The maximum absolute atomic E-state index is 10.9. The van der Waals surface area contributed by atoms with Crippen molar-refractivity contribution >= 4 is 11.8 Å². The Kier molecular flexibility index (Phi) is 5.14. The van der Waals surface area contributed by atoms with Gasteiger partial charge in [0.25, 0.3) is 0 Å². The van der Waals surface area contributed by atoms with E-state index in [1.165, 1.54) is 18.0 Å². The molecule has 0 spiro atoms. The fraction of sp³-hybridized carbons (Fsp3) is 0.389. The molecule has 1 aliphatic heterocycles. The zero-order valence-electron chi connectivity index (χ0n) is 14.1. The SMILES string of the molecule is COc1ccc(C2(CNc3cnc(C(=O)O)cn3)CCOCC2)cc1. The number of carboxylic acids is 1. The van der Waals surface area contributed by atoms with Crippen LogP contribution in [0.5, 0.6) is 5.75 Å². The van der Waals surface area contributed by atoms with Crippen molar-refractivity contribution in [3.63, 3.8) is 0 Å². The lowest BCUT2D eigenvalue weighted by Crippen LogP contribution is -2.40. The standard InChI is InChI=1S/C18H21N3O4/c1-24-14-4-2-13(3-5-14)18(6-8-25-9-7-18)12-21-16-11-19-15(10-20-16)17(22)23/h2-5,10-11H,6-9,12H2,1H3,(H,20,21)(H,22,23). The number of nitrogens with zero attached hydrogens (tertiary/aromatic N) is 2. The minimum Gasteiger partial charge on any atom is -0.497 e. The number of nitrogens with one attached hydrogen (secondary N) is 1. The Balaban J connectivity index is 1.77. The van der Waals surface area contributed by atoms with Crippen molar-refractivity contribution in [2.24, 2.45) is 0 Å². The number of methoxy groups -OCH3 is 1. The molecule has 1 saturated heterocycles. The Morgan fingerprint density at radius 2 is 1.96 bits per heavy atom. The summed E-state index contributed by atoms with van der Waals surface area (Å²) < 4.78 is 10.8. The van der Waals surface area contributed by atoms with Crippen molar-refractivity contribution in [1.82, 2.24) is 9.97 Å². The summed E-state index contributed by atoms with van der Waals surface area (Å²) in [6.07, 6.45) is 4.50. The third-order valence-corrected chi connectivity index (χ3v) is 4.63. The highest BCUT2D eigenvalue weighted by molar-refractivity contribution is 5.84. The molecular weight excluding hydrogens is 322 g/mol. The van der Waals surface area contributed by atoms with E-state index in [0.29, 0.717) is 25.6 Å². The molecule has 1 fully saturated rings. The van der Waals surface area contributed by atoms with Crippen LogP contribution in [-0.4, -0.2) is 47.9 Å². The van der Waals surface area contributed by atoms with E-state index in [4.69, 9.17) is 14.6 Å². The molecule has 0 aliphatic carbocycles. The van der Waals surface area contributed by atoms with Crippen LogP contribution in [0.3, 0.4) is 0 Å². The van der Waals surface area contributed by atoms with Gasteiger partial charge in [-0.15, -0.1) is 0 Å². The van der Waals surface area contributed by atoms with Gasteiger partial charge in [-0.3, -0.25) is 0 Å².